The Labute approximate surface area is 186 Å². The van der Waals surface area contributed by atoms with E-state index in [9.17, 15) is 9.59 Å². The molecule has 4 rings (SSSR count). The van der Waals surface area contributed by atoms with Gasteiger partial charge in [-0.3, -0.25) is 14.5 Å². The molecule has 0 bridgehead atoms. The highest BCUT2D eigenvalue weighted by Crippen LogP contribution is 2.20. The first-order valence-corrected chi connectivity index (χ1v) is 11.6. The van der Waals surface area contributed by atoms with Crippen LogP contribution in [0.1, 0.15) is 12.5 Å². The van der Waals surface area contributed by atoms with Gasteiger partial charge in [0.2, 0.25) is 11.8 Å². The van der Waals surface area contributed by atoms with Crippen LogP contribution in [-0.2, 0) is 16.0 Å². The summed E-state index contributed by atoms with van der Waals surface area (Å²) < 4.78 is 0. The van der Waals surface area contributed by atoms with Gasteiger partial charge in [-0.05, 0) is 30.2 Å². The summed E-state index contributed by atoms with van der Waals surface area (Å²) in [6.07, 6.45) is 0.878. The Morgan fingerprint density at radius 1 is 1.06 bits per heavy atom. The average Bonchev–Trinajstić information content (AvgIpc) is 3.21. The predicted molar refractivity (Wildman–Crippen MR) is 124 cm³/mol. The van der Waals surface area contributed by atoms with Crippen molar-refractivity contribution in [3.63, 3.8) is 0 Å². The molecule has 0 aliphatic carbocycles. The Kier molecular flexibility index (Phi) is 6.89. The fraction of sp³-hybridized carbons (Fsp3) is 0.348. The van der Waals surface area contributed by atoms with Crippen LogP contribution in [0, 0.1) is 0 Å². The van der Waals surface area contributed by atoms with Crippen LogP contribution in [0.25, 0.3) is 11.0 Å². The number of aromatic amines is 1. The minimum Gasteiger partial charge on any atom is -0.339 e. The zero-order valence-corrected chi connectivity index (χ0v) is 18.5. The number of hydrogen-bond donors (Lipinski definition) is 2. The number of benzene rings is 2. The number of thioether (sulfide) groups is 1. The molecule has 1 aliphatic rings. The molecule has 0 saturated carbocycles. The molecule has 2 aromatic carbocycles. The molecule has 162 valence electrons. The molecule has 1 aliphatic heterocycles. The van der Waals surface area contributed by atoms with Crippen molar-refractivity contribution >= 4 is 40.3 Å². The highest BCUT2D eigenvalue weighted by molar-refractivity contribution is 7.99. The Morgan fingerprint density at radius 3 is 2.58 bits per heavy atom. The standard InChI is InChI=1S/C23H27N5O2S/c1-2-17-7-3-4-8-18(17)24-21(29)15-27-11-13-28(14-12-27)22(30)16-31-23-25-19-9-5-6-10-20(19)26-23/h3-10H,2,11-16H2,1H3,(H,24,29)(H,25,26). The van der Waals surface area contributed by atoms with Gasteiger partial charge in [-0.2, -0.15) is 0 Å². The number of para-hydroxylation sites is 3. The number of hydrogen-bond acceptors (Lipinski definition) is 5. The summed E-state index contributed by atoms with van der Waals surface area (Å²) >= 11 is 1.43. The van der Waals surface area contributed by atoms with E-state index in [1.54, 1.807) is 0 Å². The lowest BCUT2D eigenvalue weighted by atomic mass is 10.1. The third-order valence-electron chi connectivity index (χ3n) is 5.46. The number of nitrogens with one attached hydrogen (secondary N) is 2. The monoisotopic (exact) mass is 437 g/mol. The number of fused-ring (bicyclic) bond motifs is 1. The molecule has 7 nitrogen and oxygen atoms in total. The third-order valence-corrected chi connectivity index (χ3v) is 6.32. The molecule has 1 aromatic heterocycles. The summed E-state index contributed by atoms with van der Waals surface area (Å²) in [6.45, 7) is 5.09. The van der Waals surface area contributed by atoms with Crippen molar-refractivity contribution in [2.75, 3.05) is 43.8 Å². The number of H-pyrrole nitrogens is 1. The molecule has 0 radical (unpaired) electrons. The number of anilines is 1. The number of nitrogens with zero attached hydrogens (tertiary/aromatic N) is 3. The van der Waals surface area contributed by atoms with E-state index in [-0.39, 0.29) is 11.8 Å². The largest absolute Gasteiger partial charge is 0.339 e. The van der Waals surface area contributed by atoms with E-state index in [4.69, 9.17) is 0 Å². The summed E-state index contributed by atoms with van der Waals surface area (Å²) in [7, 11) is 0. The maximum absolute atomic E-state index is 12.6. The SMILES string of the molecule is CCc1ccccc1NC(=O)CN1CCN(C(=O)CSc2nc3ccccc3[nH]2)CC1. The van der Waals surface area contributed by atoms with Crippen molar-refractivity contribution in [1.82, 2.24) is 19.8 Å². The number of aromatic nitrogens is 2. The summed E-state index contributed by atoms with van der Waals surface area (Å²) in [5.41, 5.74) is 3.90. The van der Waals surface area contributed by atoms with Crippen LogP contribution < -0.4 is 5.32 Å². The van der Waals surface area contributed by atoms with E-state index in [0.717, 1.165) is 33.9 Å². The molecule has 2 heterocycles. The van der Waals surface area contributed by atoms with Crippen LogP contribution in [0.5, 0.6) is 0 Å². The molecule has 31 heavy (non-hydrogen) atoms. The average molecular weight is 438 g/mol. The van der Waals surface area contributed by atoms with Crippen LogP contribution in [0.15, 0.2) is 53.7 Å². The number of carbonyl (C=O) groups excluding carboxylic acids is 2. The van der Waals surface area contributed by atoms with Crippen LogP contribution in [-0.4, -0.2) is 70.1 Å². The normalized spacial score (nSPS) is 14.7. The lowest BCUT2D eigenvalue weighted by Crippen LogP contribution is -2.50. The number of carbonyl (C=O) groups is 2. The number of imidazole rings is 1. The van der Waals surface area contributed by atoms with Gasteiger partial charge in [0.15, 0.2) is 5.16 Å². The van der Waals surface area contributed by atoms with Gasteiger partial charge in [-0.25, -0.2) is 4.98 Å². The molecule has 2 amide bonds. The van der Waals surface area contributed by atoms with Gasteiger partial charge in [-0.1, -0.05) is 49.0 Å². The summed E-state index contributed by atoms with van der Waals surface area (Å²) in [5, 5.41) is 3.78. The Hall–Kier alpha value is -2.84. The van der Waals surface area contributed by atoms with Crippen molar-refractivity contribution < 1.29 is 9.59 Å². The number of aryl methyl sites for hydroxylation is 1. The van der Waals surface area contributed by atoms with E-state index in [0.29, 0.717) is 38.5 Å². The van der Waals surface area contributed by atoms with E-state index >= 15 is 0 Å². The minimum absolute atomic E-state index is 0.0129. The van der Waals surface area contributed by atoms with E-state index in [1.165, 1.54) is 11.8 Å². The van der Waals surface area contributed by atoms with E-state index in [2.05, 4.69) is 27.1 Å². The molecular formula is C23H27N5O2S. The predicted octanol–water partition coefficient (Wildman–Crippen LogP) is 3.00. The van der Waals surface area contributed by atoms with E-state index in [1.807, 2.05) is 53.4 Å². The van der Waals surface area contributed by atoms with Gasteiger partial charge >= 0.3 is 0 Å². The zero-order valence-electron chi connectivity index (χ0n) is 17.6. The van der Waals surface area contributed by atoms with Gasteiger partial charge < -0.3 is 15.2 Å². The molecular weight excluding hydrogens is 410 g/mol. The summed E-state index contributed by atoms with van der Waals surface area (Å²) in [6, 6.07) is 15.7. The summed E-state index contributed by atoms with van der Waals surface area (Å²) in [4.78, 5) is 36.8. The Balaban J connectivity index is 1.21. The lowest BCUT2D eigenvalue weighted by Gasteiger charge is -2.34. The first kappa shape index (κ1) is 21.4. The number of amides is 2. The molecule has 0 spiro atoms. The van der Waals surface area contributed by atoms with Crippen molar-refractivity contribution in [1.29, 1.82) is 0 Å². The Bertz CT molecular complexity index is 1030. The lowest BCUT2D eigenvalue weighted by molar-refractivity contribution is -0.130. The first-order valence-electron chi connectivity index (χ1n) is 10.6. The highest BCUT2D eigenvalue weighted by Gasteiger charge is 2.23. The molecule has 8 heteroatoms. The molecule has 0 atom stereocenters. The van der Waals surface area contributed by atoms with Crippen molar-refractivity contribution in [3.8, 4) is 0 Å². The van der Waals surface area contributed by atoms with Gasteiger partial charge in [0.1, 0.15) is 0 Å². The van der Waals surface area contributed by atoms with Crippen LogP contribution in [0.2, 0.25) is 0 Å². The maximum Gasteiger partial charge on any atom is 0.238 e. The number of rotatable bonds is 7. The summed E-state index contributed by atoms with van der Waals surface area (Å²) in [5.74, 6) is 0.446. The van der Waals surface area contributed by atoms with Crippen molar-refractivity contribution in [2.24, 2.45) is 0 Å². The van der Waals surface area contributed by atoms with Gasteiger partial charge in [-0.15, -0.1) is 0 Å². The smallest absolute Gasteiger partial charge is 0.238 e. The highest BCUT2D eigenvalue weighted by atomic mass is 32.2. The van der Waals surface area contributed by atoms with Crippen LogP contribution in [0.4, 0.5) is 5.69 Å². The molecule has 0 unspecified atom stereocenters. The molecule has 1 fully saturated rings. The first-order chi connectivity index (χ1) is 15.1. The van der Waals surface area contributed by atoms with Crippen LogP contribution in [0.3, 0.4) is 0 Å². The van der Waals surface area contributed by atoms with Gasteiger partial charge in [0.25, 0.3) is 0 Å². The molecule has 2 N–H and O–H groups in total. The topological polar surface area (TPSA) is 81.3 Å². The fourth-order valence-corrected chi connectivity index (χ4v) is 4.51. The fourth-order valence-electron chi connectivity index (χ4n) is 3.72. The maximum atomic E-state index is 12.6. The second-order valence-corrected chi connectivity index (χ2v) is 8.53. The Morgan fingerprint density at radius 2 is 1.81 bits per heavy atom. The van der Waals surface area contributed by atoms with Gasteiger partial charge in [0, 0.05) is 31.9 Å². The zero-order chi connectivity index (χ0) is 21.6. The van der Waals surface area contributed by atoms with Gasteiger partial charge in [0.05, 0.1) is 23.3 Å². The molecule has 1 saturated heterocycles. The van der Waals surface area contributed by atoms with Crippen LogP contribution >= 0.6 is 11.8 Å². The minimum atomic E-state index is -0.0129. The second kappa shape index (κ2) is 9.98. The second-order valence-electron chi connectivity index (χ2n) is 7.56. The number of piperazine rings is 1. The third kappa shape index (κ3) is 5.45. The van der Waals surface area contributed by atoms with Crippen molar-refractivity contribution in [3.05, 3.63) is 54.1 Å². The van der Waals surface area contributed by atoms with E-state index < -0.39 is 0 Å². The molecule has 3 aromatic rings. The quantitative estimate of drug-likeness (QED) is 0.556. The van der Waals surface area contributed by atoms with Crippen molar-refractivity contribution in [2.45, 2.75) is 18.5 Å².